The molecule has 0 unspecified atom stereocenters. The SMILES string of the molecule is C=CC(=O)N1CCC[C@@H](NC(=O)c2sc3nccc4c3c2NC(=O)N4c2ccc(C(F)(F)F)cc2)C1. The zero-order chi connectivity index (χ0) is 25.6. The van der Waals surface area contributed by atoms with Gasteiger partial charge in [0.25, 0.3) is 5.91 Å². The maximum atomic E-state index is 13.2. The van der Waals surface area contributed by atoms with E-state index in [1.807, 2.05) is 0 Å². The maximum Gasteiger partial charge on any atom is 0.416 e. The van der Waals surface area contributed by atoms with Gasteiger partial charge in [0.1, 0.15) is 9.71 Å². The zero-order valence-corrected chi connectivity index (χ0v) is 19.6. The first-order valence-electron chi connectivity index (χ1n) is 11.1. The molecule has 2 aromatic heterocycles. The fourth-order valence-electron chi connectivity index (χ4n) is 4.48. The molecule has 4 amide bonds. The molecule has 0 radical (unpaired) electrons. The standard InChI is InChI=1S/C24H20F3N5O3S/c1-2-17(33)31-11-3-4-14(12-31)29-21(34)20-19-18-16(9-10-28-22(18)36-20)32(23(35)30-19)15-7-5-13(6-8-15)24(25,26)27/h2,5-10,14H,1,3-4,11-12H2,(H,29,34)(H,30,35)/t14-/m1/s1. The normalized spacial score (nSPS) is 17.6. The van der Waals surface area contributed by atoms with Crippen molar-refractivity contribution in [2.24, 2.45) is 0 Å². The number of nitrogens with zero attached hydrogens (tertiary/aromatic N) is 3. The van der Waals surface area contributed by atoms with E-state index in [1.165, 1.54) is 29.3 Å². The molecule has 0 saturated carbocycles. The van der Waals surface area contributed by atoms with Crippen LogP contribution in [0.5, 0.6) is 0 Å². The van der Waals surface area contributed by atoms with E-state index in [2.05, 4.69) is 22.2 Å². The van der Waals surface area contributed by atoms with Gasteiger partial charge < -0.3 is 15.5 Å². The van der Waals surface area contributed by atoms with Gasteiger partial charge in [-0.25, -0.2) is 9.78 Å². The summed E-state index contributed by atoms with van der Waals surface area (Å²) in [4.78, 5) is 46.2. The van der Waals surface area contributed by atoms with Crippen molar-refractivity contribution >= 4 is 56.5 Å². The summed E-state index contributed by atoms with van der Waals surface area (Å²) in [5.74, 6) is -0.601. The van der Waals surface area contributed by atoms with Crippen molar-refractivity contribution in [1.82, 2.24) is 15.2 Å². The smallest absolute Gasteiger partial charge is 0.347 e. The van der Waals surface area contributed by atoms with Crippen LogP contribution in [0.2, 0.25) is 0 Å². The van der Waals surface area contributed by atoms with Crippen LogP contribution >= 0.6 is 11.3 Å². The second-order valence-corrected chi connectivity index (χ2v) is 9.43. The van der Waals surface area contributed by atoms with Gasteiger partial charge in [0, 0.05) is 25.3 Å². The highest BCUT2D eigenvalue weighted by atomic mass is 32.1. The van der Waals surface area contributed by atoms with Gasteiger partial charge in [0.2, 0.25) is 5.91 Å². The van der Waals surface area contributed by atoms with Gasteiger partial charge in [0.15, 0.2) is 0 Å². The predicted octanol–water partition coefficient (Wildman–Crippen LogP) is 4.91. The predicted molar refractivity (Wildman–Crippen MR) is 129 cm³/mol. The Balaban J connectivity index is 1.46. The van der Waals surface area contributed by atoms with Gasteiger partial charge >= 0.3 is 12.2 Å². The van der Waals surface area contributed by atoms with Crippen LogP contribution in [0.4, 0.5) is 35.0 Å². The monoisotopic (exact) mass is 515 g/mol. The second kappa shape index (κ2) is 8.94. The molecule has 4 heterocycles. The number of halogens is 3. The third-order valence-electron chi connectivity index (χ3n) is 6.15. The summed E-state index contributed by atoms with van der Waals surface area (Å²) in [5, 5.41) is 6.19. The highest BCUT2D eigenvalue weighted by Crippen LogP contribution is 2.46. The molecule has 2 N–H and O–H groups in total. The van der Waals surface area contributed by atoms with Gasteiger partial charge in [0.05, 0.1) is 28.0 Å². The molecule has 2 aliphatic rings. The molecule has 2 aliphatic heterocycles. The number of thiophene rings is 1. The molecule has 5 rings (SSSR count). The van der Waals surface area contributed by atoms with Crippen LogP contribution in [0.15, 0.2) is 49.2 Å². The molecule has 8 nitrogen and oxygen atoms in total. The largest absolute Gasteiger partial charge is 0.416 e. The Kier molecular flexibility index (Phi) is 5.91. The number of piperidine rings is 1. The van der Waals surface area contributed by atoms with Gasteiger partial charge in [-0.3, -0.25) is 14.5 Å². The Bertz CT molecular complexity index is 1390. The Labute approximate surface area is 207 Å². The van der Waals surface area contributed by atoms with Crippen LogP contribution in [0.1, 0.15) is 28.1 Å². The number of rotatable bonds is 4. The minimum absolute atomic E-state index is 0.199. The molecule has 1 saturated heterocycles. The molecule has 3 aromatic rings. The number of likely N-dealkylation sites (tertiary alicyclic amines) is 1. The summed E-state index contributed by atoms with van der Waals surface area (Å²) < 4.78 is 39.0. The van der Waals surface area contributed by atoms with Crippen LogP contribution in [-0.2, 0) is 11.0 Å². The molecule has 12 heteroatoms. The van der Waals surface area contributed by atoms with Gasteiger partial charge in [-0.2, -0.15) is 13.2 Å². The third-order valence-corrected chi connectivity index (χ3v) is 7.24. The average molecular weight is 516 g/mol. The lowest BCUT2D eigenvalue weighted by molar-refractivity contribution is -0.137. The lowest BCUT2D eigenvalue weighted by atomic mass is 10.1. The topological polar surface area (TPSA) is 94.6 Å². The number of urea groups is 1. The number of carbonyl (C=O) groups excluding carboxylic acids is 3. The Morgan fingerprint density at radius 2 is 1.97 bits per heavy atom. The summed E-state index contributed by atoms with van der Waals surface area (Å²) in [6.07, 6.45) is -0.344. The average Bonchev–Trinajstić information content (AvgIpc) is 3.23. The number of benzene rings is 1. The molecular weight excluding hydrogens is 495 g/mol. The van der Waals surface area contributed by atoms with E-state index >= 15 is 0 Å². The number of pyridine rings is 1. The number of carbonyl (C=O) groups is 3. The van der Waals surface area contributed by atoms with E-state index in [0.717, 1.165) is 29.9 Å². The van der Waals surface area contributed by atoms with Crippen molar-refractivity contribution in [2.75, 3.05) is 23.3 Å². The quantitative estimate of drug-likeness (QED) is 0.483. The van der Waals surface area contributed by atoms with Crippen LogP contribution in [0, 0.1) is 0 Å². The number of aromatic nitrogens is 1. The Hall–Kier alpha value is -3.93. The van der Waals surface area contributed by atoms with E-state index < -0.39 is 23.7 Å². The van der Waals surface area contributed by atoms with Crippen molar-refractivity contribution in [1.29, 1.82) is 0 Å². The molecule has 1 aromatic carbocycles. The van der Waals surface area contributed by atoms with Gasteiger partial charge in [-0.15, -0.1) is 11.3 Å². The van der Waals surface area contributed by atoms with Crippen LogP contribution in [0.25, 0.3) is 10.2 Å². The summed E-state index contributed by atoms with van der Waals surface area (Å²) in [6.45, 7) is 4.45. The fraction of sp³-hybridized carbons (Fsp3) is 0.250. The summed E-state index contributed by atoms with van der Waals surface area (Å²) in [6, 6.07) is 4.97. The van der Waals surface area contributed by atoms with E-state index in [1.54, 1.807) is 11.0 Å². The van der Waals surface area contributed by atoms with Crippen LogP contribution in [-0.4, -0.2) is 46.9 Å². The zero-order valence-electron chi connectivity index (χ0n) is 18.8. The van der Waals surface area contributed by atoms with Crippen LogP contribution < -0.4 is 15.5 Å². The number of amides is 4. The van der Waals surface area contributed by atoms with E-state index in [9.17, 15) is 27.6 Å². The molecular formula is C24H20F3N5O3S. The second-order valence-electron chi connectivity index (χ2n) is 8.43. The minimum Gasteiger partial charge on any atom is -0.347 e. The van der Waals surface area contributed by atoms with Gasteiger partial charge in [-0.05, 0) is 49.2 Å². The Morgan fingerprint density at radius 3 is 2.67 bits per heavy atom. The lowest BCUT2D eigenvalue weighted by Gasteiger charge is -2.32. The van der Waals surface area contributed by atoms with Crippen LogP contribution in [0.3, 0.4) is 0 Å². The molecule has 0 spiro atoms. The van der Waals surface area contributed by atoms with Crippen molar-refractivity contribution < 1.29 is 27.6 Å². The molecule has 1 fully saturated rings. The molecule has 36 heavy (non-hydrogen) atoms. The van der Waals surface area contributed by atoms with E-state index in [4.69, 9.17) is 0 Å². The Morgan fingerprint density at radius 1 is 1.22 bits per heavy atom. The first-order valence-corrected chi connectivity index (χ1v) is 11.9. The molecule has 1 atom stereocenters. The lowest BCUT2D eigenvalue weighted by Crippen LogP contribution is -2.49. The molecule has 0 bridgehead atoms. The number of anilines is 3. The number of hydrogen-bond acceptors (Lipinski definition) is 5. The van der Waals surface area contributed by atoms with Crippen molar-refractivity contribution in [3.8, 4) is 0 Å². The molecule has 0 aliphatic carbocycles. The first kappa shape index (κ1) is 23.8. The summed E-state index contributed by atoms with van der Waals surface area (Å²) >= 11 is 1.11. The first-order chi connectivity index (χ1) is 17.2. The third kappa shape index (κ3) is 4.17. The maximum absolute atomic E-state index is 13.2. The minimum atomic E-state index is -4.50. The highest BCUT2D eigenvalue weighted by Gasteiger charge is 2.35. The number of hydrogen-bond donors (Lipinski definition) is 2. The fourth-order valence-corrected chi connectivity index (χ4v) is 5.50. The number of nitrogens with one attached hydrogen (secondary N) is 2. The molecule has 186 valence electrons. The van der Waals surface area contributed by atoms with Gasteiger partial charge in [-0.1, -0.05) is 6.58 Å². The number of alkyl halides is 3. The van der Waals surface area contributed by atoms with Crippen molar-refractivity contribution in [3.63, 3.8) is 0 Å². The van der Waals surface area contributed by atoms with Crippen molar-refractivity contribution in [3.05, 3.63) is 59.6 Å². The van der Waals surface area contributed by atoms with E-state index in [0.29, 0.717) is 41.1 Å². The highest BCUT2D eigenvalue weighted by molar-refractivity contribution is 7.21. The van der Waals surface area contributed by atoms with Crippen molar-refractivity contribution in [2.45, 2.75) is 25.1 Å². The van der Waals surface area contributed by atoms with E-state index in [-0.39, 0.29) is 22.5 Å². The summed E-state index contributed by atoms with van der Waals surface area (Å²) in [7, 11) is 0. The summed E-state index contributed by atoms with van der Waals surface area (Å²) in [5.41, 5.74) is 0.132.